The van der Waals surface area contributed by atoms with Gasteiger partial charge < -0.3 is 15.8 Å². The molecule has 0 atom stereocenters. The number of nitrogens with two attached hydrogens (primary N) is 1. The number of benzene rings is 1. The fourth-order valence-corrected chi connectivity index (χ4v) is 1.67. The summed E-state index contributed by atoms with van der Waals surface area (Å²) in [6.45, 7) is 8.61. The van der Waals surface area contributed by atoms with Crippen molar-refractivity contribution >= 4 is 6.03 Å². The zero-order valence-corrected chi connectivity index (χ0v) is 11.5. The third-order valence-electron chi connectivity index (χ3n) is 2.71. The highest BCUT2D eigenvalue weighted by Crippen LogP contribution is 2.24. The van der Waals surface area contributed by atoms with Crippen LogP contribution in [0, 0.1) is 0 Å². The van der Waals surface area contributed by atoms with Gasteiger partial charge >= 0.3 is 6.03 Å². The topological polar surface area (TPSA) is 64.3 Å². The molecule has 1 aromatic carbocycles. The first-order valence-corrected chi connectivity index (χ1v) is 6.12. The smallest absolute Gasteiger partial charge is 0.312 e. The van der Waals surface area contributed by atoms with Crippen LogP contribution in [0.2, 0.25) is 0 Å². The van der Waals surface area contributed by atoms with Gasteiger partial charge in [-0.1, -0.05) is 26.0 Å². The Hall–Kier alpha value is -1.71. The molecule has 0 spiro atoms. The maximum atomic E-state index is 10.7. The number of carbonyl (C=O) groups excluding carboxylic acids is 1. The molecule has 3 N–H and O–H groups in total. The molecule has 0 bridgehead atoms. The first kappa shape index (κ1) is 14.4. The van der Waals surface area contributed by atoms with Crippen LogP contribution in [0.15, 0.2) is 24.3 Å². The van der Waals surface area contributed by atoms with Crippen LogP contribution in [0.4, 0.5) is 4.79 Å². The summed E-state index contributed by atoms with van der Waals surface area (Å²) in [4.78, 5) is 10.7. The second-order valence-corrected chi connectivity index (χ2v) is 5.29. The molecule has 100 valence electrons. The molecule has 4 heteroatoms. The standard InChI is InChI=1S/C14H22N2O2/c1-10(2)18-12-7-5-11(6-8-12)14(3,4)9-16-13(15)17/h5-8,10H,9H2,1-4H3,(H3,15,16,17). The Bertz CT molecular complexity index is 397. The SMILES string of the molecule is CC(C)Oc1ccc(C(C)(C)CNC(N)=O)cc1. The molecule has 1 aromatic rings. The second-order valence-electron chi connectivity index (χ2n) is 5.29. The molecule has 2 amide bonds. The van der Waals surface area contributed by atoms with Crippen LogP contribution in [0.1, 0.15) is 33.3 Å². The summed E-state index contributed by atoms with van der Waals surface area (Å²) in [5.74, 6) is 0.854. The van der Waals surface area contributed by atoms with E-state index in [-0.39, 0.29) is 11.5 Å². The summed E-state index contributed by atoms with van der Waals surface area (Å²) < 4.78 is 5.59. The van der Waals surface area contributed by atoms with E-state index in [1.54, 1.807) is 0 Å². The molecule has 1 rings (SSSR count). The molecule has 0 aliphatic carbocycles. The lowest BCUT2D eigenvalue weighted by Crippen LogP contribution is -2.39. The Labute approximate surface area is 109 Å². The van der Waals surface area contributed by atoms with Gasteiger partial charge in [0.05, 0.1) is 6.10 Å². The summed E-state index contributed by atoms with van der Waals surface area (Å²) in [5.41, 5.74) is 6.06. The fraction of sp³-hybridized carbons (Fsp3) is 0.500. The Kier molecular flexibility index (Phi) is 4.59. The molecule has 0 aliphatic heterocycles. The van der Waals surface area contributed by atoms with Gasteiger partial charge in [-0.05, 0) is 31.5 Å². The molecule has 4 nitrogen and oxygen atoms in total. The van der Waals surface area contributed by atoms with Crippen LogP contribution in [0.3, 0.4) is 0 Å². The number of hydrogen-bond acceptors (Lipinski definition) is 2. The van der Waals surface area contributed by atoms with Gasteiger partial charge in [0.25, 0.3) is 0 Å². The van der Waals surface area contributed by atoms with E-state index in [2.05, 4.69) is 19.2 Å². The van der Waals surface area contributed by atoms with E-state index < -0.39 is 6.03 Å². The zero-order chi connectivity index (χ0) is 13.8. The lowest BCUT2D eigenvalue weighted by molar-refractivity contribution is 0.242. The molecule has 0 aliphatic rings. The molecule has 0 radical (unpaired) electrons. The van der Waals surface area contributed by atoms with Crippen molar-refractivity contribution in [1.29, 1.82) is 0 Å². The summed E-state index contributed by atoms with van der Waals surface area (Å²) in [6.07, 6.45) is 0.167. The van der Waals surface area contributed by atoms with Crippen molar-refractivity contribution in [1.82, 2.24) is 5.32 Å². The number of rotatable bonds is 5. The number of carbonyl (C=O) groups is 1. The van der Waals surface area contributed by atoms with E-state index in [4.69, 9.17) is 10.5 Å². The quantitative estimate of drug-likeness (QED) is 0.843. The average Bonchev–Trinajstić information content (AvgIpc) is 2.26. The van der Waals surface area contributed by atoms with E-state index in [1.807, 2.05) is 38.1 Å². The molecule has 18 heavy (non-hydrogen) atoms. The summed E-state index contributed by atoms with van der Waals surface area (Å²) in [6, 6.07) is 7.42. The van der Waals surface area contributed by atoms with Crippen molar-refractivity contribution < 1.29 is 9.53 Å². The minimum absolute atomic E-state index is 0.161. The zero-order valence-electron chi connectivity index (χ0n) is 11.5. The maximum Gasteiger partial charge on any atom is 0.312 e. The summed E-state index contributed by atoms with van der Waals surface area (Å²) in [7, 11) is 0. The molecule has 0 saturated heterocycles. The molecule has 0 fully saturated rings. The van der Waals surface area contributed by atoms with Gasteiger partial charge in [-0.2, -0.15) is 0 Å². The van der Waals surface area contributed by atoms with E-state index in [0.717, 1.165) is 11.3 Å². The number of urea groups is 1. The Morgan fingerprint density at radius 1 is 1.33 bits per heavy atom. The number of amides is 2. The minimum atomic E-state index is -0.497. The van der Waals surface area contributed by atoms with Crippen molar-refractivity contribution in [2.24, 2.45) is 5.73 Å². The number of nitrogens with one attached hydrogen (secondary N) is 1. The van der Waals surface area contributed by atoms with Gasteiger partial charge in [-0.3, -0.25) is 0 Å². The third-order valence-corrected chi connectivity index (χ3v) is 2.71. The highest BCUT2D eigenvalue weighted by molar-refractivity contribution is 5.71. The first-order chi connectivity index (χ1) is 8.31. The Morgan fingerprint density at radius 3 is 2.33 bits per heavy atom. The van der Waals surface area contributed by atoms with Gasteiger partial charge in [0.1, 0.15) is 5.75 Å². The Morgan fingerprint density at radius 2 is 1.89 bits per heavy atom. The fourth-order valence-electron chi connectivity index (χ4n) is 1.67. The number of primary amides is 1. The highest BCUT2D eigenvalue weighted by atomic mass is 16.5. The predicted molar refractivity (Wildman–Crippen MR) is 72.8 cm³/mol. The first-order valence-electron chi connectivity index (χ1n) is 6.12. The third kappa shape index (κ3) is 4.28. The van der Waals surface area contributed by atoms with Gasteiger partial charge in [0, 0.05) is 12.0 Å². The molecule has 0 heterocycles. The normalized spacial score (nSPS) is 11.4. The summed E-state index contributed by atoms with van der Waals surface area (Å²) >= 11 is 0. The Balaban J connectivity index is 2.73. The van der Waals surface area contributed by atoms with E-state index in [1.165, 1.54) is 0 Å². The van der Waals surface area contributed by atoms with Gasteiger partial charge in [0.2, 0.25) is 0 Å². The number of ether oxygens (including phenoxy) is 1. The lowest BCUT2D eigenvalue weighted by Gasteiger charge is -2.25. The van der Waals surface area contributed by atoms with Crippen molar-refractivity contribution in [3.05, 3.63) is 29.8 Å². The minimum Gasteiger partial charge on any atom is -0.491 e. The average molecular weight is 250 g/mol. The van der Waals surface area contributed by atoms with E-state index in [9.17, 15) is 4.79 Å². The monoisotopic (exact) mass is 250 g/mol. The van der Waals surface area contributed by atoms with Gasteiger partial charge in [-0.15, -0.1) is 0 Å². The largest absolute Gasteiger partial charge is 0.491 e. The van der Waals surface area contributed by atoms with Crippen LogP contribution in [0.25, 0.3) is 0 Å². The van der Waals surface area contributed by atoms with E-state index in [0.29, 0.717) is 6.54 Å². The lowest BCUT2D eigenvalue weighted by atomic mass is 9.84. The van der Waals surface area contributed by atoms with Gasteiger partial charge in [-0.25, -0.2) is 4.79 Å². The molecule has 0 saturated carbocycles. The van der Waals surface area contributed by atoms with Crippen molar-refractivity contribution in [3.63, 3.8) is 0 Å². The number of hydrogen-bond donors (Lipinski definition) is 2. The van der Waals surface area contributed by atoms with Gasteiger partial charge in [0.15, 0.2) is 0 Å². The molecule has 0 aromatic heterocycles. The van der Waals surface area contributed by atoms with E-state index >= 15 is 0 Å². The maximum absolute atomic E-state index is 10.7. The van der Waals surface area contributed by atoms with Crippen molar-refractivity contribution in [3.8, 4) is 5.75 Å². The predicted octanol–water partition coefficient (Wildman–Crippen LogP) is 2.42. The molecular formula is C14H22N2O2. The van der Waals surface area contributed by atoms with Crippen LogP contribution in [-0.4, -0.2) is 18.7 Å². The van der Waals surface area contributed by atoms with Crippen LogP contribution in [0.5, 0.6) is 5.75 Å². The van der Waals surface area contributed by atoms with Crippen molar-refractivity contribution in [2.45, 2.75) is 39.2 Å². The molecule has 0 unspecified atom stereocenters. The van der Waals surface area contributed by atoms with Crippen LogP contribution >= 0.6 is 0 Å². The molecular weight excluding hydrogens is 228 g/mol. The highest BCUT2D eigenvalue weighted by Gasteiger charge is 2.20. The van der Waals surface area contributed by atoms with Crippen molar-refractivity contribution in [2.75, 3.05) is 6.54 Å². The van der Waals surface area contributed by atoms with Crippen LogP contribution < -0.4 is 15.8 Å². The summed E-state index contributed by atoms with van der Waals surface area (Å²) in [5, 5.41) is 2.64. The van der Waals surface area contributed by atoms with Crippen LogP contribution in [-0.2, 0) is 5.41 Å². The second kappa shape index (κ2) is 5.76.